The molecule has 5 nitrogen and oxygen atoms in total. The first-order valence-corrected chi connectivity index (χ1v) is 7.69. The Morgan fingerprint density at radius 3 is 2.68 bits per heavy atom. The first kappa shape index (κ1) is 16.9. The van der Waals surface area contributed by atoms with Crippen LogP contribution in [0.15, 0.2) is 55.4 Å². The van der Waals surface area contributed by atoms with Crippen molar-refractivity contribution in [3.63, 3.8) is 0 Å². The Bertz CT molecular complexity index is 858. The number of benzene rings is 1. The predicted octanol–water partition coefficient (Wildman–Crippen LogP) is 4.26. The highest BCUT2D eigenvalue weighted by molar-refractivity contribution is 5.47. The molecule has 0 radical (unpaired) electrons. The van der Waals surface area contributed by atoms with Gasteiger partial charge in [-0.1, -0.05) is 36.4 Å². The van der Waals surface area contributed by atoms with Gasteiger partial charge in [0.15, 0.2) is 5.69 Å². The molecule has 1 atom stereocenters. The van der Waals surface area contributed by atoms with E-state index in [1.165, 1.54) is 10.8 Å². The zero-order valence-electron chi connectivity index (χ0n) is 13.2. The zero-order valence-corrected chi connectivity index (χ0v) is 13.2. The maximum Gasteiger partial charge on any atom is 0.433 e. The second kappa shape index (κ2) is 6.92. The summed E-state index contributed by atoms with van der Waals surface area (Å²) in [4.78, 5) is 7.30. The van der Waals surface area contributed by atoms with Crippen LogP contribution in [0.5, 0.6) is 0 Å². The number of anilines is 1. The van der Waals surface area contributed by atoms with Crippen LogP contribution in [0.1, 0.15) is 30.1 Å². The molecule has 0 aliphatic rings. The average molecular weight is 347 g/mol. The first-order valence-electron chi connectivity index (χ1n) is 7.69. The van der Waals surface area contributed by atoms with Crippen molar-refractivity contribution in [1.82, 2.24) is 19.6 Å². The molecule has 3 aromatic rings. The number of allylic oxidation sites excluding steroid dienone is 1. The minimum Gasteiger partial charge on any atom is -0.363 e. The van der Waals surface area contributed by atoms with Crippen molar-refractivity contribution in [2.24, 2.45) is 0 Å². The van der Waals surface area contributed by atoms with E-state index in [-0.39, 0.29) is 17.6 Å². The third kappa shape index (κ3) is 3.78. The van der Waals surface area contributed by atoms with E-state index in [0.29, 0.717) is 12.8 Å². The van der Waals surface area contributed by atoms with Crippen molar-refractivity contribution >= 4 is 11.6 Å². The van der Waals surface area contributed by atoms with Gasteiger partial charge in [0, 0.05) is 6.07 Å². The standard InChI is InChI=1S/C17H16F3N5/c1-2-3-9-13(12-7-5-4-6-8-12)23-15-10-14(17(18,19)20)24-16-21-11-22-25(15)16/h2,4-8,10-11,13,23H,1,3,9H2. The molecule has 0 saturated carbocycles. The molecular formula is C17H16F3N5. The quantitative estimate of drug-likeness (QED) is 0.677. The second-order valence-corrected chi connectivity index (χ2v) is 5.47. The van der Waals surface area contributed by atoms with Crippen molar-refractivity contribution in [1.29, 1.82) is 0 Å². The summed E-state index contributed by atoms with van der Waals surface area (Å²) >= 11 is 0. The van der Waals surface area contributed by atoms with E-state index < -0.39 is 11.9 Å². The van der Waals surface area contributed by atoms with Gasteiger partial charge in [-0.2, -0.15) is 27.8 Å². The molecule has 1 aromatic carbocycles. The molecular weight excluding hydrogens is 331 g/mol. The highest BCUT2D eigenvalue weighted by atomic mass is 19.4. The summed E-state index contributed by atoms with van der Waals surface area (Å²) in [5.74, 6) is 0.0839. The maximum absolute atomic E-state index is 13.1. The summed E-state index contributed by atoms with van der Waals surface area (Å²) in [5.41, 5.74) is -0.0472. The van der Waals surface area contributed by atoms with Gasteiger partial charge in [-0.05, 0) is 18.4 Å². The average Bonchev–Trinajstić information content (AvgIpc) is 3.07. The Kier molecular flexibility index (Phi) is 4.69. The fourth-order valence-electron chi connectivity index (χ4n) is 2.53. The highest BCUT2D eigenvalue weighted by Crippen LogP contribution is 2.31. The molecule has 0 fully saturated rings. The van der Waals surface area contributed by atoms with Crippen LogP contribution in [0.25, 0.3) is 5.78 Å². The number of hydrogen-bond acceptors (Lipinski definition) is 4. The highest BCUT2D eigenvalue weighted by Gasteiger charge is 2.34. The van der Waals surface area contributed by atoms with E-state index in [0.717, 1.165) is 11.6 Å². The molecule has 0 aliphatic heterocycles. The Morgan fingerprint density at radius 2 is 2.00 bits per heavy atom. The van der Waals surface area contributed by atoms with Crippen molar-refractivity contribution in [2.45, 2.75) is 25.1 Å². The Morgan fingerprint density at radius 1 is 1.24 bits per heavy atom. The molecule has 0 spiro atoms. The third-order valence-electron chi connectivity index (χ3n) is 3.73. The molecule has 0 aliphatic carbocycles. The minimum absolute atomic E-state index is 0.104. The van der Waals surface area contributed by atoms with Crippen LogP contribution in [0, 0.1) is 0 Å². The van der Waals surface area contributed by atoms with Gasteiger partial charge in [0.25, 0.3) is 5.78 Å². The number of nitrogens with zero attached hydrogens (tertiary/aromatic N) is 4. The number of halogens is 3. The number of rotatable bonds is 6. The van der Waals surface area contributed by atoms with E-state index in [1.54, 1.807) is 6.08 Å². The largest absolute Gasteiger partial charge is 0.433 e. The molecule has 25 heavy (non-hydrogen) atoms. The second-order valence-electron chi connectivity index (χ2n) is 5.47. The molecule has 1 N–H and O–H groups in total. The normalized spacial score (nSPS) is 12.9. The smallest absolute Gasteiger partial charge is 0.363 e. The third-order valence-corrected chi connectivity index (χ3v) is 3.73. The molecule has 8 heteroatoms. The Hall–Kier alpha value is -2.90. The van der Waals surface area contributed by atoms with Crippen LogP contribution < -0.4 is 5.32 Å². The summed E-state index contributed by atoms with van der Waals surface area (Å²) in [5, 5.41) is 7.11. The van der Waals surface area contributed by atoms with Crippen LogP contribution in [0.4, 0.5) is 19.0 Å². The van der Waals surface area contributed by atoms with Crippen LogP contribution >= 0.6 is 0 Å². The number of nitrogens with one attached hydrogen (secondary N) is 1. The van der Waals surface area contributed by atoms with E-state index in [1.807, 2.05) is 30.3 Å². The predicted molar refractivity (Wildman–Crippen MR) is 88.0 cm³/mol. The van der Waals surface area contributed by atoms with Gasteiger partial charge < -0.3 is 5.32 Å². The van der Waals surface area contributed by atoms with Gasteiger partial charge in [-0.15, -0.1) is 6.58 Å². The van der Waals surface area contributed by atoms with Crippen molar-refractivity contribution in [3.05, 3.63) is 66.6 Å². The monoisotopic (exact) mass is 347 g/mol. The van der Waals surface area contributed by atoms with Gasteiger partial charge in [0.05, 0.1) is 6.04 Å². The van der Waals surface area contributed by atoms with E-state index in [4.69, 9.17) is 0 Å². The molecule has 2 heterocycles. The summed E-state index contributed by atoms with van der Waals surface area (Å²) < 4.78 is 40.6. The summed E-state index contributed by atoms with van der Waals surface area (Å²) in [6.45, 7) is 3.71. The lowest BCUT2D eigenvalue weighted by Crippen LogP contribution is -2.17. The van der Waals surface area contributed by atoms with Gasteiger partial charge in [-0.3, -0.25) is 0 Å². The molecule has 2 aromatic heterocycles. The Labute approximate surface area is 142 Å². The molecule has 3 rings (SSSR count). The van der Waals surface area contributed by atoms with Gasteiger partial charge >= 0.3 is 6.18 Å². The molecule has 0 bridgehead atoms. The maximum atomic E-state index is 13.1. The van der Waals surface area contributed by atoms with E-state index in [2.05, 4.69) is 27.0 Å². The number of aromatic nitrogens is 4. The first-order chi connectivity index (χ1) is 12.0. The number of hydrogen-bond donors (Lipinski definition) is 1. The van der Waals surface area contributed by atoms with Crippen molar-refractivity contribution in [3.8, 4) is 0 Å². The molecule has 0 saturated heterocycles. The molecule has 1 unspecified atom stereocenters. The van der Waals surface area contributed by atoms with Crippen molar-refractivity contribution in [2.75, 3.05) is 5.32 Å². The molecule has 130 valence electrons. The minimum atomic E-state index is -4.56. The van der Waals surface area contributed by atoms with Gasteiger partial charge in [-0.25, -0.2) is 4.98 Å². The van der Waals surface area contributed by atoms with Gasteiger partial charge in [0.2, 0.25) is 0 Å². The summed E-state index contributed by atoms with van der Waals surface area (Å²) in [6, 6.07) is 10.3. The number of alkyl halides is 3. The van der Waals surface area contributed by atoms with Crippen LogP contribution in [-0.2, 0) is 6.18 Å². The fourth-order valence-corrected chi connectivity index (χ4v) is 2.53. The summed E-state index contributed by atoms with van der Waals surface area (Å²) in [7, 11) is 0. The van der Waals surface area contributed by atoms with Gasteiger partial charge in [0.1, 0.15) is 12.1 Å². The number of fused-ring (bicyclic) bond motifs is 1. The van der Waals surface area contributed by atoms with Crippen LogP contribution in [0.2, 0.25) is 0 Å². The Balaban J connectivity index is 2.01. The lowest BCUT2D eigenvalue weighted by molar-refractivity contribution is -0.141. The lowest BCUT2D eigenvalue weighted by atomic mass is 10.0. The SMILES string of the molecule is C=CCCC(Nc1cc(C(F)(F)F)nc2ncnn12)c1ccccc1. The van der Waals surface area contributed by atoms with Crippen LogP contribution in [-0.4, -0.2) is 19.6 Å². The lowest BCUT2D eigenvalue weighted by Gasteiger charge is -2.21. The van der Waals surface area contributed by atoms with E-state index >= 15 is 0 Å². The zero-order chi connectivity index (χ0) is 17.9. The van der Waals surface area contributed by atoms with Crippen molar-refractivity contribution < 1.29 is 13.2 Å². The van der Waals surface area contributed by atoms with E-state index in [9.17, 15) is 13.2 Å². The topological polar surface area (TPSA) is 55.1 Å². The van der Waals surface area contributed by atoms with Crippen LogP contribution in [0.3, 0.4) is 0 Å². The fraction of sp³-hybridized carbons (Fsp3) is 0.235. The summed E-state index contributed by atoms with van der Waals surface area (Å²) in [6.07, 6.45) is -0.226. The molecule has 0 amide bonds.